The summed E-state index contributed by atoms with van der Waals surface area (Å²) in [7, 11) is -3.11. The average Bonchev–Trinajstić information content (AvgIpc) is 2.68. The first-order valence-electron chi connectivity index (χ1n) is 11.0. The van der Waals surface area contributed by atoms with Gasteiger partial charge in [-0.25, -0.2) is 13.9 Å². The Bertz CT molecular complexity index is 484. The molecule has 0 N–H and O–H groups in total. The molecule has 0 amide bonds. The van der Waals surface area contributed by atoms with E-state index < -0.39 is 7.67 Å². The van der Waals surface area contributed by atoms with Gasteiger partial charge in [0.05, 0.1) is 0 Å². The van der Waals surface area contributed by atoms with Crippen LogP contribution in [-0.2, 0) is 4.57 Å². The summed E-state index contributed by atoms with van der Waals surface area (Å²) in [6.45, 7) is 12.1. The number of nitrogens with zero attached hydrogens (tertiary/aromatic N) is 2. The third-order valence-electron chi connectivity index (χ3n) is 4.76. The zero-order valence-corrected chi connectivity index (χ0v) is 18.9. The molecule has 1 aromatic rings. The maximum absolute atomic E-state index is 14.4. The summed E-state index contributed by atoms with van der Waals surface area (Å²) in [5.74, 6) is 0.705. The van der Waals surface area contributed by atoms with Crippen LogP contribution in [0, 0.1) is 0 Å². The number of unbranched alkanes of at least 4 members (excludes halogenated alkanes) is 4. The molecule has 1 aromatic carbocycles. The van der Waals surface area contributed by atoms with E-state index in [1.165, 1.54) is 0 Å². The van der Waals surface area contributed by atoms with Crippen molar-refractivity contribution >= 4 is 7.67 Å². The number of hydrogen-bond donors (Lipinski definition) is 0. The van der Waals surface area contributed by atoms with Crippen molar-refractivity contribution in [1.29, 1.82) is 0 Å². The normalized spacial score (nSPS) is 12.1. The molecule has 0 aliphatic rings. The van der Waals surface area contributed by atoms with Gasteiger partial charge in [0, 0.05) is 26.2 Å². The quantitative estimate of drug-likeness (QED) is 0.282. The Morgan fingerprint density at radius 1 is 0.704 bits per heavy atom. The molecule has 4 nitrogen and oxygen atoms in total. The van der Waals surface area contributed by atoms with E-state index in [0.717, 1.165) is 77.5 Å². The van der Waals surface area contributed by atoms with Crippen LogP contribution in [0.4, 0.5) is 0 Å². The number of para-hydroxylation sites is 1. The summed E-state index contributed by atoms with van der Waals surface area (Å²) in [6, 6.07) is 9.70. The average molecular weight is 397 g/mol. The van der Waals surface area contributed by atoms with Crippen LogP contribution in [0.15, 0.2) is 30.3 Å². The second-order valence-corrected chi connectivity index (χ2v) is 9.51. The maximum atomic E-state index is 14.4. The molecule has 0 aliphatic carbocycles. The molecule has 0 saturated heterocycles. The summed E-state index contributed by atoms with van der Waals surface area (Å²) < 4.78 is 25.1. The molecule has 156 valence electrons. The highest BCUT2D eigenvalue weighted by atomic mass is 31.2. The molecule has 0 aromatic heterocycles. The number of benzene rings is 1. The lowest BCUT2D eigenvalue weighted by Crippen LogP contribution is -2.37. The molecule has 1 rings (SSSR count). The van der Waals surface area contributed by atoms with Crippen LogP contribution in [0.3, 0.4) is 0 Å². The Morgan fingerprint density at radius 2 is 1.07 bits per heavy atom. The topological polar surface area (TPSA) is 32.8 Å². The Balaban J connectivity index is 3.20. The van der Waals surface area contributed by atoms with E-state index in [9.17, 15) is 4.57 Å². The fraction of sp³-hybridized carbons (Fsp3) is 0.727. The van der Waals surface area contributed by atoms with E-state index in [4.69, 9.17) is 4.52 Å². The Hall–Kier alpha value is -0.830. The van der Waals surface area contributed by atoms with Crippen LogP contribution >= 0.6 is 7.67 Å². The largest absolute Gasteiger partial charge is 0.422 e. The Kier molecular flexibility index (Phi) is 12.7. The van der Waals surface area contributed by atoms with Crippen LogP contribution in [0.1, 0.15) is 79.1 Å². The molecule has 5 heteroatoms. The first-order chi connectivity index (χ1) is 13.1. The van der Waals surface area contributed by atoms with Gasteiger partial charge in [-0.2, -0.15) is 0 Å². The Morgan fingerprint density at radius 3 is 1.41 bits per heavy atom. The minimum atomic E-state index is -3.11. The van der Waals surface area contributed by atoms with Gasteiger partial charge in [0.15, 0.2) is 0 Å². The summed E-state index contributed by atoms with van der Waals surface area (Å²) in [5, 5.41) is 0. The monoisotopic (exact) mass is 396 g/mol. The first-order valence-corrected chi connectivity index (χ1v) is 12.5. The zero-order valence-electron chi connectivity index (χ0n) is 18.0. The highest BCUT2D eigenvalue weighted by molar-refractivity contribution is 7.54. The molecule has 0 atom stereocenters. The van der Waals surface area contributed by atoms with E-state index in [-0.39, 0.29) is 0 Å². The van der Waals surface area contributed by atoms with Crippen LogP contribution in [-0.4, -0.2) is 35.5 Å². The third kappa shape index (κ3) is 8.37. The van der Waals surface area contributed by atoms with Gasteiger partial charge in [-0.05, 0) is 37.8 Å². The standard InChI is InChI=1S/C22H41N2O2P/c1-5-9-18-23(19-10-6-2)27(25,26-22-16-14-13-15-17-22)24(20-11-7-3)21-12-8-4/h13-17H,5-12,18-21H2,1-4H3. The maximum Gasteiger partial charge on any atom is 0.395 e. The van der Waals surface area contributed by atoms with Crippen LogP contribution < -0.4 is 4.52 Å². The van der Waals surface area contributed by atoms with Crippen molar-refractivity contribution in [3.63, 3.8) is 0 Å². The second kappa shape index (κ2) is 14.2. The lowest BCUT2D eigenvalue weighted by Gasteiger charge is -2.38. The van der Waals surface area contributed by atoms with Crippen molar-refractivity contribution in [3.05, 3.63) is 30.3 Å². The van der Waals surface area contributed by atoms with Gasteiger partial charge in [-0.3, -0.25) is 0 Å². The summed E-state index contributed by atoms with van der Waals surface area (Å²) in [5.41, 5.74) is 0. The number of rotatable bonds is 16. The smallest absolute Gasteiger partial charge is 0.395 e. The molecule has 0 fully saturated rings. The lowest BCUT2D eigenvalue weighted by molar-refractivity contribution is 0.263. The van der Waals surface area contributed by atoms with Crippen molar-refractivity contribution in [3.8, 4) is 5.75 Å². The molecule has 0 unspecified atom stereocenters. The van der Waals surface area contributed by atoms with Crippen molar-refractivity contribution in [2.45, 2.75) is 79.1 Å². The molecule has 27 heavy (non-hydrogen) atoms. The highest BCUT2D eigenvalue weighted by Crippen LogP contribution is 2.54. The molecule has 0 heterocycles. The molecule has 0 saturated carbocycles. The predicted octanol–water partition coefficient (Wildman–Crippen LogP) is 6.98. The fourth-order valence-corrected chi connectivity index (χ4v) is 5.57. The zero-order chi connectivity index (χ0) is 20.0. The predicted molar refractivity (Wildman–Crippen MR) is 117 cm³/mol. The van der Waals surface area contributed by atoms with Gasteiger partial charge in [-0.15, -0.1) is 0 Å². The SMILES string of the molecule is CCCCN(CCCC)P(=O)(Oc1ccccc1)N(CCCC)CCCC. The molecular formula is C22H41N2O2P. The van der Waals surface area contributed by atoms with Gasteiger partial charge in [0.2, 0.25) is 0 Å². The van der Waals surface area contributed by atoms with Crippen molar-refractivity contribution < 1.29 is 9.09 Å². The van der Waals surface area contributed by atoms with Crippen LogP contribution in [0.25, 0.3) is 0 Å². The summed E-state index contributed by atoms with van der Waals surface area (Å²) >= 11 is 0. The minimum absolute atomic E-state index is 0.705. The van der Waals surface area contributed by atoms with Crippen LogP contribution in [0.5, 0.6) is 5.75 Å². The first kappa shape index (κ1) is 24.2. The minimum Gasteiger partial charge on any atom is -0.422 e. The number of hydrogen-bond acceptors (Lipinski definition) is 2. The van der Waals surface area contributed by atoms with Crippen molar-refractivity contribution in [2.75, 3.05) is 26.2 Å². The highest BCUT2D eigenvalue weighted by Gasteiger charge is 2.39. The van der Waals surface area contributed by atoms with Gasteiger partial charge >= 0.3 is 7.67 Å². The summed E-state index contributed by atoms with van der Waals surface area (Å²) in [6.07, 6.45) is 8.55. The van der Waals surface area contributed by atoms with Gasteiger partial charge in [0.1, 0.15) is 5.75 Å². The van der Waals surface area contributed by atoms with E-state index in [1.807, 2.05) is 30.3 Å². The van der Waals surface area contributed by atoms with Gasteiger partial charge in [-0.1, -0.05) is 71.6 Å². The fourth-order valence-electron chi connectivity index (χ4n) is 3.00. The van der Waals surface area contributed by atoms with E-state index in [1.54, 1.807) is 0 Å². The molecule has 0 aliphatic heterocycles. The molecule has 0 spiro atoms. The van der Waals surface area contributed by atoms with Gasteiger partial charge in [0.25, 0.3) is 0 Å². The second-order valence-electron chi connectivity index (χ2n) is 7.22. The lowest BCUT2D eigenvalue weighted by atomic mass is 10.3. The van der Waals surface area contributed by atoms with E-state index in [2.05, 4.69) is 37.0 Å². The Labute approximate surface area is 167 Å². The van der Waals surface area contributed by atoms with E-state index in [0.29, 0.717) is 5.75 Å². The summed E-state index contributed by atoms with van der Waals surface area (Å²) in [4.78, 5) is 0. The van der Waals surface area contributed by atoms with E-state index >= 15 is 0 Å². The molecular weight excluding hydrogens is 355 g/mol. The molecule has 0 radical (unpaired) electrons. The van der Waals surface area contributed by atoms with Gasteiger partial charge < -0.3 is 4.52 Å². The van der Waals surface area contributed by atoms with Crippen molar-refractivity contribution in [1.82, 2.24) is 9.34 Å². The third-order valence-corrected chi connectivity index (χ3v) is 7.44. The molecule has 0 bridgehead atoms. The van der Waals surface area contributed by atoms with Crippen LogP contribution in [0.2, 0.25) is 0 Å². The van der Waals surface area contributed by atoms with Crippen molar-refractivity contribution in [2.24, 2.45) is 0 Å².